The van der Waals surface area contributed by atoms with Crippen LogP contribution >= 0.6 is 0 Å². The lowest BCUT2D eigenvalue weighted by Crippen LogP contribution is -1.99. The average molecular weight is 445 g/mol. The molecule has 1 atom stereocenters. The van der Waals surface area contributed by atoms with Crippen LogP contribution in [0.25, 0.3) is 22.3 Å². The van der Waals surface area contributed by atoms with Crippen LogP contribution in [0.3, 0.4) is 0 Å². The predicted molar refractivity (Wildman–Crippen MR) is 137 cm³/mol. The topological polar surface area (TPSA) is 46.5 Å². The lowest BCUT2D eigenvalue weighted by Gasteiger charge is -2.14. The molecular weight excluding hydrogens is 408 g/mol. The van der Waals surface area contributed by atoms with Crippen LogP contribution in [-0.4, -0.2) is 17.7 Å². The summed E-state index contributed by atoms with van der Waals surface area (Å²) in [6, 6.07) is 22.0. The molecule has 0 saturated heterocycles. The third-order valence-corrected chi connectivity index (χ3v) is 6.08. The van der Waals surface area contributed by atoms with Crippen LogP contribution in [0.4, 0.5) is 0 Å². The van der Waals surface area contributed by atoms with Crippen molar-refractivity contribution in [3.05, 3.63) is 77.9 Å². The van der Waals surface area contributed by atoms with E-state index in [9.17, 15) is 9.90 Å². The van der Waals surface area contributed by atoms with Gasteiger partial charge in [-0.2, -0.15) is 0 Å². The molecule has 0 aliphatic heterocycles. The molecule has 0 radical (unpaired) electrons. The van der Waals surface area contributed by atoms with Crippen LogP contribution < -0.4 is 4.74 Å². The maximum atomic E-state index is 11.6. The third-order valence-electron chi connectivity index (χ3n) is 6.08. The Morgan fingerprint density at radius 2 is 1.52 bits per heavy atom. The summed E-state index contributed by atoms with van der Waals surface area (Å²) in [5, 5.41) is 9.55. The van der Waals surface area contributed by atoms with Crippen LogP contribution in [0.15, 0.2) is 66.7 Å². The summed E-state index contributed by atoms with van der Waals surface area (Å²) in [6.07, 6.45) is 6.92. The maximum absolute atomic E-state index is 11.6. The molecule has 0 saturated carbocycles. The lowest BCUT2D eigenvalue weighted by molar-refractivity contribution is 0.0697. The zero-order chi connectivity index (χ0) is 23.6. The lowest BCUT2D eigenvalue weighted by atomic mass is 9.91. The van der Waals surface area contributed by atoms with E-state index in [1.807, 2.05) is 30.3 Å². The van der Waals surface area contributed by atoms with Gasteiger partial charge in [0, 0.05) is 0 Å². The highest BCUT2D eigenvalue weighted by atomic mass is 16.5. The predicted octanol–water partition coefficient (Wildman–Crippen LogP) is 8.27. The van der Waals surface area contributed by atoms with Crippen LogP contribution in [0.1, 0.15) is 68.8 Å². The Bertz CT molecular complexity index is 1020. The maximum Gasteiger partial charge on any atom is 0.335 e. The van der Waals surface area contributed by atoms with Gasteiger partial charge in [-0.3, -0.25) is 0 Å². The molecule has 1 unspecified atom stereocenters. The molecule has 3 nitrogen and oxygen atoms in total. The van der Waals surface area contributed by atoms with Crippen molar-refractivity contribution in [3.63, 3.8) is 0 Å². The van der Waals surface area contributed by atoms with Gasteiger partial charge in [0.15, 0.2) is 0 Å². The molecule has 3 aromatic carbocycles. The van der Waals surface area contributed by atoms with E-state index in [2.05, 4.69) is 45.0 Å². The molecule has 0 amide bonds. The Kier molecular flexibility index (Phi) is 9.12. The smallest absolute Gasteiger partial charge is 0.335 e. The molecule has 1 N–H and O–H groups in total. The number of ether oxygens (including phenoxy) is 1. The zero-order valence-corrected chi connectivity index (χ0v) is 20.1. The fraction of sp³-hybridized carbons (Fsp3) is 0.367. The van der Waals surface area contributed by atoms with Crippen molar-refractivity contribution in [1.29, 1.82) is 0 Å². The van der Waals surface area contributed by atoms with Crippen molar-refractivity contribution in [3.8, 4) is 28.0 Å². The Labute approximate surface area is 198 Å². The fourth-order valence-electron chi connectivity index (χ4n) is 4.26. The van der Waals surface area contributed by atoms with Gasteiger partial charge in [-0.15, -0.1) is 0 Å². The summed E-state index contributed by atoms with van der Waals surface area (Å²) in [7, 11) is 0. The molecule has 0 fully saturated rings. The minimum atomic E-state index is -0.918. The van der Waals surface area contributed by atoms with Crippen LogP contribution in [0.2, 0.25) is 0 Å². The summed E-state index contributed by atoms with van der Waals surface area (Å²) in [5.41, 5.74) is 5.65. The van der Waals surface area contributed by atoms with Gasteiger partial charge in [0.1, 0.15) is 5.75 Å². The Balaban J connectivity index is 1.87. The van der Waals surface area contributed by atoms with Crippen LogP contribution in [0, 0.1) is 5.92 Å². The molecule has 0 bridgehead atoms. The van der Waals surface area contributed by atoms with Gasteiger partial charge in [-0.1, -0.05) is 88.9 Å². The van der Waals surface area contributed by atoms with Gasteiger partial charge < -0.3 is 9.84 Å². The molecule has 33 heavy (non-hydrogen) atoms. The van der Waals surface area contributed by atoms with Gasteiger partial charge in [-0.05, 0) is 70.8 Å². The number of aromatic carboxylic acids is 1. The first-order valence-electron chi connectivity index (χ1n) is 12.2. The minimum Gasteiger partial charge on any atom is -0.494 e. The van der Waals surface area contributed by atoms with Crippen LogP contribution in [0.5, 0.6) is 5.75 Å². The van der Waals surface area contributed by atoms with Crippen molar-refractivity contribution in [1.82, 2.24) is 0 Å². The van der Waals surface area contributed by atoms with E-state index >= 15 is 0 Å². The molecular formula is C30H36O3. The van der Waals surface area contributed by atoms with E-state index in [4.69, 9.17) is 4.74 Å². The van der Waals surface area contributed by atoms with Crippen molar-refractivity contribution in [2.45, 2.75) is 59.3 Å². The second-order valence-electron chi connectivity index (χ2n) is 8.94. The normalized spacial score (nSPS) is 11.8. The first kappa shape index (κ1) is 24.6. The molecule has 3 heteroatoms. The van der Waals surface area contributed by atoms with Gasteiger partial charge in [-0.25, -0.2) is 4.79 Å². The molecule has 0 aliphatic carbocycles. The summed E-state index contributed by atoms with van der Waals surface area (Å²) >= 11 is 0. The molecule has 174 valence electrons. The van der Waals surface area contributed by atoms with E-state index < -0.39 is 5.97 Å². The molecule has 3 rings (SSSR count). The fourth-order valence-corrected chi connectivity index (χ4v) is 4.26. The third kappa shape index (κ3) is 6.95. The summed E-state index contributed by atoms with van der Waals surface area (Å²) in [6.45, 7) is 7.43. The molecule has 3 aromatic rings. The minimum absolute atomic E-state index is 0.290. The molecule has 0 aromatic heterocycles. The number of hydrogen-bond donors (Lipinski definition) is 1. The number of carboxylic acids is 1. The van der Waals surface area contributed by atoms with Crippen molar-refractivity contribution in [2.24, 2.45) is 5.92 Å². The number of benzene rings is 3. The Hall–Kier alpha value is -3.07. The first-order chi connectivity index (χ1) is 16.0. The highest BCUT2D eigenvalue weighted by molar-refractivity contribution is 5.93. The van der Waals surface area contributed by atoms with Gasteiger partial charge in [0.25, 0.3) is 0 Å². The Morgan fingerprint density at radius 3 is 2.15 bits per heavy atom. The highest BCUT2D eigenvalue weighted by Crippen LogP contribution is 2.34. The van der Waals surface area contributed by atoms with E-state index in [0.29, 0.717) is 11.5 Å². The van der Waals surface area contributed by atoms with Crippen molar-refractivity contribution in [2.75, 3.05) is 6.61 Å². The van der Waals surface area contributed by atoms with Crippen LogP contribution in [-0.2, 0) is 6.42 Å². The largest absolute Gasteiger partial charge is 0.494 e. The van der Waals surface area contributed by atoms with Crippen molar-refractivity contribution < 1.29 is 14.6 Å². The van der Waals surface area contributed by atoms with E-state index in [-0.39, 0.29) is 0 Å². The second-order valence-corrected chi connectivity index (χ2v) is 8.94. The number of rotatable bonds is 12. The van der Waals surface area contributed by atoms with Gasteiger partial charge in [0.05, 0.1) is 12.2 Å². The number of carboxylic acid groups (broad SMARTS) is 1. The van der Waals surface area contributed by atoms with Gasteiger partial charge in [0.2, 0.25) is 0 Å². The Morgan fingerprint density at radius 1 is 0.848 bits per heavy atom. The molecule has 0 aliphatic rings. The average Bonchev–Trinajstić information content (AvgIpc) is 2.82. The van der Waals surface area contributed by atoms with E-state index in [1.165, 1.54) is 31.2 Å². The standard InChI is InChI=1S/C30H36O3/c1-4-6-7-19-33-27-16-13-25(14-17-27)29-21-26(30(31)32)15-18-28(29)24-11-9-23(10-12-24)20-22(3)8-5-2/h9-18,21-22H,4-8,19-20H2,1-3H3,(H,31,32). The summed E-state index contributed by atoms with van der Waals surface area (Å²) in [4.78, 5) is 11.6. The zero-order valence-electron chi connectivity index (χ0n) is 20.1. The molecule has 0 heterocycles. The highest BCUT2D eigenvalue weighted by Gasteiger charge is 2.13. The monoisotopic (exact) mass is 444 g/mol. The number of hydrogen-bond acceptors (Lipinski definition) is 2. The molecule has 0 spiro atoms. The number of carbonyl (C=O) groups is 1. The SMILES string of the molecule is CCCCCOc1ccc(-c2cc(C(=O)O)ccc2-c2ccc(CC(C)CCC)cc2)cc1. The summed E-state index contributed by atoms with van der Waals surface area (Å²) in [5.74, 6) is 0.601. The summed E-state index contributed by atoms with van der Waals surface area (Å²) < 4.78 is 5.84. The van der Waals surface area contributed by atoms with Gasteiger partial charge >= 0.3 is 5.97 Å². The van der Waals surface area contributed by atoms with Crippen molar-refractivity contribution >= 4 is 5.97 Å². The van der Waals surface area contributed by atoms with E-state index in [0.717, 1.165) is 47.5 Å². The quantitative estimate of drug-likeness (QED) is 0.286. The van der Waals surface area contributed by atoms with E-state index in [1.54, 1.807) is 12.1 Å². The number of unbranched alkanes of at least 4 members (excludes halogenated alkanes) is 2. The second kappa shape index (κ2) is 12.2. The first-order valence-corrected chi connectivity index (χ1v) is 12.2.